The summed E-state index contributed by atoms with van der Waals surface area (Å²) in [6, 6.07) is 16.4. The summed E-state index contributed by atoms with van der Waals surface area (Å²) in [7, 11) is 0. The van der Waals surface area contributed by atoms with Gasteiger partial charge in [-0.05, 0) is 29.7 Å². The topological polar surface area (TPSA) is 0 Å². The van der Waals surface area contributed by atoms with E-state index in [-0.39, 0.29) is 0 Å². The number of halogens is 1. The molecule has 1 heteroatoms. The van der Waals surface area contributed by atoms with Crippen molar-refractivity contribution in [3.63, 3.8) is 0 Å². The number of hydrogen-bond donors (Lipinski definition) is 0. The molecule has 0 unspecified atom stereocenters. The van der Waals surface area contributed by atoms with Gasteiger partial charge in [-0.25, -0.2) is 0 Å². The smallest absolute Gasteiger partial charge is 0.0441 e. The van der Waals surface area contributed by atoms with Crippen LogP contribution in [0.2, 0.25) is 5.02 Å². The third-order valence-electron chi connectivity index (χ3n) is 2.28. The molecule has 0 nitrogen and oxygen atoms in total. The Morgan fingerprint density at radius 3 is 1.78 bits per heavy atom. The van der Waals surface area contributed by atoms with Crippen molar-refractivity contribution in [3.05, 3.63) is 59.1 Å². The first-order valence-electron chi connectivity index (χ1n) is 6.59. The van der Waals surface area contributed by atoms with Crippen LogP contribution in [0.15, 0.2) is 48.5 Å². The van der Waals surface area contributed by atoms with Gasteiger partial charge in [0.1, 0.15) is 0 Å². The Hall–Kier alpha value is -1.27. The maximum atomic E-state index is 6.06. The molecule has 2 aromatic rings. The Labute approximate surface area is 117 Å². The molecule has 0 aliphatic heterocycles. The van der Waals surface area contributed by atoms with Gasteiger partial charge in [0.05, 0.1) is 0 Å². The Morgan fingerprint density at radius 1 is 0.722 bits per heavy atom. The summed E-state index contributed by atoms with van der Waals surface area (Å²) in [5.74, 6) is 0. The standard InChI is InChI=1S/C13H11Cl.2C2H6/c1-10-7-8-12(9-13(10)14)11-5-3-2-4-6-11;2*1-2/h2-9H,1H3;2*1-2H3. The van der Waals surface area contributed by atoms with Crippen LogP contribution >= 0.6 is 11.6 Å². The number of rotatable bonds is 1. The van der Waals surface area contributed by atoms with Crippen molar-refractivity contribution in [1.29, 1.82) is 0 Å². The molecule has 0 fully saturated rings. The van der Waals surface area contributed by atoms with Crippen molar-refractivity contribution in [2.75, 3.05) is 0 Å². The van der Waals surface area contributed by atoms with Crippen molar-refractivity contribution < 1.29 is 0 Å². The average Bonchev–Trinajstić information content (AvgIpc) is 2.47. The third kappa shape index (κ3) is 4.93. The number of aryl methyl sites for hydroxylation is 1. The summed E-state index contributed by atoms with van der Waals surface area (Å²) in [4.78, 5) is 0. The van der Waals surface area contributed by atoms with E-state index < -0.39 is 0 Å². The minimum Gasteiger partial charge on any atom is -0.0840 e. The summed E-state index contributed by atoms with van der Waals surface area (Å²) in [6.45, 7) is 10.0. The first-order valence-corrected chi connectivity index (χ1v) is 6.97. The van der Waals surface area contributed by atoms with Crippen molar-refractivity contribution in [1.82, 2.24) is 0 Å². The van der Waals surface area contributed by atoms with Crippen LogP contribution in [0.5, 0.6) is 0 Å². The van der Waals surface area contributed by atoms with E-state index in [1.165, 1.54) is 11.1 Å². The van der Waals surface area contributed by atoms with Gasteiger partial charge in [-0.2, -0.15) is 0 Å². The van der Waals surface area contributed by atoms with Gasteiger partial charge in [0.15, 0.2) is 0 Å². The fraction of sp³-hybridized carbons (Fsp3) is 0.294. The second kappa shape index (κ2) is 9.73. The van der Waals surface area contributed by atoms with Gasteiger partial charge < -0.3 is 0 Å². The summed E-state index contributed by atoms with van der Waals surface area (Å²) < 4.78 is 0. The van der Waals surface area contributed by atoms with Gasteiger partial charge in [-0.1, -0.05) is 81.8 Å². The highest BCUT2D eigenvalue weighted by Crippen LogP contribution is 2.24. The molecule has 0 spiro atoms. The van der Waals surface area contributed by atoms with E-state index in [2.05, 4.69) is 18.2 Å². The molecular formula is C17H23Cl. The van der Waals surface area contributed by atoms with Crippen LogP contribution in [0.3, 0.4) is 0 Å². The largest absolute Gasteiger partial charge is 0.0840 e. The van der Waals surface area contributed by atoms with Gasteiger partial charge >= 0.3 is 0 Å². The molecule has 0 N–H and O–H groups in total. The summed E-state index contributed by atoms with van der Waals surface area (Å²) >= 11 is 6.06. The Bertz CT molecular complexity index is 433. The van der Waals surface area contributed by atoms with Crippen LogP contribution in [0.1, 0.15) is 33.3 Å². The molecule has 0 amide bonds. The Morgan fingerprint density at radius 2 is 1.28 bits per heavy atom. The lowest BCUT2D eigenvalue weighted by Gasteiger charge is -2.03. The molecule has 98 valence electrons. The lowest BCUT2D eigenvalue weighted by atomic mass is 10.0. The van der Waals surface area contributed by atoms with Crippen LogP contribution in [-0.2, 0) is 0 Å². The predicted octanol–water partition coefficient (Wildman–Crippen LogP) is 6.37. The van der Waals surface area contributed by atoms with Gasteiger partial charge in [0, 0.05) is 5.02 Å². The third-order valence-corrected chi connectivity index (χ3v) is 2.69. The summed E-state index contributed by atoms with van der Waals surface area (Å²) in [6.07, 6.45) is 0. The quantitative estimate of drug-likeness (QED) is 0.560. The van der Waals surface area contributed by atoms with E-state index in [9.17, 15) is 0 Å². The van der Waals surface area contributed by atoms with E-state index in [4.69, 9.17) is 11.6 Å². The van der Waals surface area contributed by atoms with Crippen LogP contribution in [-0.4, -0.2) is 0 Å². The molecule has 2 aromatic carbocycles. The van der Waals surface area contributed by atoms with E-state index in [0.29, 0.717) is 0 Å². The molecule has 0 aromatic heterocycles. The molecule has 0 atom stereocenters. The van der Waals surface area contributed by atoms with E-state index in [0.717, 1.165) is 10.6 Å². The second-order valence-corrected chi connectivity index (χ2v) is 3.74. The maximum absolute atomic E-state index is 6.06. The van der Waals surface area contributed by atoms with Crippen LogP contribution in [0.25, 0.3) is 11.1 Å². The minimum atomic E-state index is 0.825. The first-order chi connectivity index (χ1) is 8.77. The highest BCUT2D eigenvalue weighted by molar-refractivity contribution is 6.31. The molecule has 0 radical (unpaired) electrons. The van der Waals surface area contributed by atoms with Gasteiger partial charge in [-0.3, -0.25) is 0 Å². The molecule has 0 saturated carbocycles. The normalized spacial score (nSPS) is 8.56. The molecular weight excluding hydrogens is 240 g/mol. The molecule has 0 bridgehead atoms. The molecule has 0 saturated heterocycles. The van der Waals surface area contributed by atoms with Crippen molar-refractivity contribution in [3.8, 4) is 11.1 Å². The van der Waals surface area contributed by atoms with Crippen LogP contribution in [0.4, 0.5) is 0 Å². The van der Waals surface area contributed by atoms with Crippen molar-refractivity contribution in [2.24, 2.45) is 0 Å². The summed E-state index contributed by atoms with van der Waals surface area (Å²) in [5.41, 5.74) is 3.49. The van der Waals surface area contributed by atoms with Crippen molar-refractivity contribution in [2.45, 2.75) is 34.6 Å². The van der Waals surface area contributed by atoms with Crippen LogP contribution in [0, 0.1) is 6.92 Å². The van der Waals surface area contributed by atoms with Gasteiger partial charge in [0.25, 0.3) is 0 Å². The maximum Gasteiger partial charge on any atom is 0.0441 e. The monoisotopic (exact) mass is 262 g/mol. The molecule has 0 aliphatic carbocycles. The van der Waals surface area contributed by atoms with Gasteiger partial charge in [-0.15, -0.1) is 0 Å². The highest BCUT2D eigenvalue weighted by Gasteiger charge is 1.99. The molecule has 0 aliphatic rings. The predicted molar refractivity (Wildman–Crippen MR) is 84.3 cm³/mol. The number of benzene rings is 2. The lowest BCUT2D eigenvalue weighted by molar-refractivity contribution is 1.47. The van der Waals surface area contributed by atoms with Crippen LogP contribution < -0.4 is 0 Å². The SMILES string of the molecule is CC.CC.Cc1ccc(-c2ccccc2)cc1Cl. The second-order valence-electron chi connectivity index (χ2n) is 3.33. The zero-order valence-electron chi connectivity index (χ0n) is 12.0. The Balaban J connectivity index is 0.000000659. The lowest BCUT2D eigenvalue weighted by Crippen LogP contribution is -1.79. The zero-order chi connectivity index (χ0) is 14.0. The zero-order valence-corrected chi connectivity index (χ0v) is 12.8. The Kier molecular flexibility index (Phi) is 9.04. The van der Waals surface area contributed by atoms with E-state index in [1.807, 2.05) is 65.0 Å². The van der Waals surface area contributed by atoms with E-state index in [1.54, 1.807) is 0 Å². The molecule has 18 heavy (non-hydrogen) atoms. The number of hydrogen-bond acceptors (Lipinski definition) is 0. The summed E-state index contributed by atoms with van der Waals surface area (Å²) in [5, 5.41) is 0.825. The molecule has 2 rings (SSSR count). The minimum absolute atomic E-state index is 0.825. The van der Waals surface area contributed by atoms with E-state index >= 15 is 0 Å². The first kappa shape index (κ1) is 16.7. The van der Waals surface area contributed by atoms with Gasteiger partial charge in [0.2, 0.25) is 0 Å². The average molecular weight is 263 g/mol. The fourth-order valence-corrected chi connectivity index (χ4v) is 1.58. The fourth-order valence-electron chi connectivity index (χ4n) is 1.40. The highest BCUT2D eigenvalue weighted by atomic mass is 35.5. The van der Waals surface area contributed by atoms with Crippen molar-refractivity contribution >= 4 is 11.6 Å². The molecule has 0 heterocycles.